The van der Waals surface area contributed by atoms with Crippen LogP contribution in [0, 0.1) is 0 Å². The summed E-state index contributed by atoms with van der Waals surface area (Å²) in [6.45, 7) is 0. The van der Waals surface area contributed by atoms with Crippen LogP contribution in [0.15, 0.2) is 24.4 Å². The van der Waals surface area contributed by atoms with Gasteiger partial charge in [0.05, 0.1) is 10.9 Å². The average molecular weight is 185 g/mol. The number of aromatic nitrogens is 4. The van der Waals surface area contributed by atoms with Crippen molar-refractivity contribution in [2.24, 2.45) is 0 Å². The van der Waals surface area contributed by atoms with Gasteiger partial charge >= 0.3 is 0 Å². The predicted molar refractivity (Wildman–Crippen MR) is 53.6 cm³/mol. The molecule has 1 aromatic carbocycles. The lowest BCUT2D eigenvalue weighted by molar-refractivity contribution is 0.960. The number of anilines is 1. The number of fused-ring (bicyclic) bond motifs is 3. The van der Waals surface area contributed by atoms with Gasteiger partial charge in [0, 0.05) is 11.9 Å². The third-order valence-corrected chi connectivity index (χ3v) is 2.22. The van der Waals surface area contributed by atoms with Gasteiger partial charge in [0.15, 0.2) is 0 Å². The van der Waals surface area contributed by atoms with Crippen molar-refractivity contribution in [1.29, 1.82) is 0 Å². The monoisotopic (exact) mass is 185 g/mol. The summed E-state index contributed by atoms with van der Waals surface area (Å²) < 4.78 is 0. The molecule has 5 heteroatoms. The van der Waals surface area contributed by atoms with E-state index in [0.717, 1.165) is 21.9 Å². The van der Waals surface area contributed by atoms with E-state index in [9.17, 15) is 0 Å². The minimum absolute atomic E-state index is 0.675. The normalized spacial score (nSPS) is 11.1. The molecular weight excluding hydrogens is 178 g/mol. The van der Waals surface area contributed by atoms with Gasteiger partial charge in [-0.05, 0) is 18.2 Å². The van der Waals surface area contributed by atoms with Crippen molar-refractivity contribution in [3.63, 3.8) is 0 Å². The van der Waals surface area contributed by atoms with E-state index in [2.05, 4.69) is 20.4 Å². The van der Waals surface area contributed by atoms with Gasteiger partial charge in [0.25, 0.3) is 0 Å². The average Bonchev–Trinajstić information content (AvgIpc) is 2.65. The van der Waals surface area contributed by atoms with Crippen LogP contribution in [0.3, 0.4) is 0 Å². The zero-order chi connectivity index (χ0) is 9.54. The molecule has 5 nitrogen and oxygen atoms in total. The Morgan fingerprint density at radius 1 is 1.07 bits per heavy atom. The molecule has 0 radical (unpaired) electrons. The first-order valence-electron chi connectivity index (χ1n) is 4.20. The Labute approximate surface area is 78.9 Å². The Balaban J connectivity index is 2.67. The second kappa shape index (κ2) is 2.41. The van der Waals surface area contributed by atoms with Crippen molar-refractivity contribution >= 4 is 27.6 Å². The standard InChI is InChI=1S/C9H7N5/c10-5-3-4-11-6-1-2-7-9(8(5)6)13-14-12-7/h1-4H,(H2,10,11)(H,12,13,14). The summed E-state index contributed by atoms with van der Waals surface area (Å²) in [7, 11) is 0. The molecule has 0 atom stereocenters. The smallest absolute Gasteiger partial charge is 0.124 e. The summed E-state index contributed by atoms with van der Waals surface area (Å²) in [5.74, 6) is 0. The minimum Gasteiger partial charge on any atom is -0.398 e. The number of hydrogen-bond acceptors (Lipinski definition) is 4. The third kappa shape index (κ3) is 0.806. The van der Waals surface area contributed by atoms with Crippen LogP contribution in [0.1, 0.15) is 0 Å². The van der Waals surface area contributed by atoms with Crippen molar-refractivity contribution in [3.05, 3.63) is 24.4 Å². The van der Waals surface area contributed by atoms with Gasteiger partial charge in [-0.25, -0.2) is 0 Å². The summed E-state index contributed by atoms with van der Waals surface area (Å²) in [4.78, 5) is 4.21. The van der Waals surface area contributed by atoms with Crippen LogP contribution < -0.4 is 5.73 Å². The van der Waals surface area contributed by atoms with E-state index in [1.54, 1.807) is 12.3 Å². The molecule has 68 valence electrons. The van der Waals surface area contributed by atoms with Crippen LogP contribution in [-0.4, -0.2) is 20.4 Å². The number of H-pyrrole nitrogens is 1. The fourth-order valence-corrected chi connectivity index (χ4v) is 1.58. The van der Waals surface area contributed by atoms with E-state index in [4.69, 9.17) is 5.73 Å². The fraction of sp³-hybridized carbons (Fsp3) is 0. The summed E-state index contributed by atoms with van der Waals surface area (Å²) in [5.41, 5.74) is 8.95. The number of nitrogen functional groups attached to an aromatic ring is 1. The van der Waals surface area contributed by atoms with Crippen LogP contribution in [0.4, 0.5) is 5.69 Å². The Kier molecular flexibility index (Phi) is 1.25. The number of hydrogen-bond donors (Lipinski definition) is 2. The molecule has 2 aromatic heterocycles. The van der Waals surface area contributed by atoms with E-state index in [1.165, 1.54) is 0 Å². The Morgan fingerprint density at radius 3 is 2.86 bits per heavy atom. The van der Waals surface area contributed by atoms with Crippen molar-refractivity contribution in [2.75, 3.05) is 5.73 Å². The number of pyridine rings is 1. The largest absolute Gasteiger partial charge is 0.398 e. The van der Waals surface area contributed by atoms with Crippen molar-refractivity contribution in [2.45, 2.75) is 0 Å². The molecule has 0 amide bonds. The molecule has 2 heterocycles. The van der Waals surface area contributed by atoms with Crippen molar-refractivity contribution < 1.29 is 0 Å². The number of rotatable bonds is 0. The highest BCUT2D eigenvalue weighted by molar-refractivity contribution is 6.08. The summed E-state index contributed by atoms with van der Waals surface area (Å²) in [6, 6.07) is 5.51. The SMILES string of the molecule is Nc1ccnc2ccc3n[nH]nc3c12. The molecule has 3 N–H and O–H groups in total. The number of aromatic amines is 1. The summed E-state index contributed by atoms with van der Waals surface area (Å²) in [5, 5.41) is 11.5. The number of nitrogens with one attached hydrogen (secondary N) is 1. The number of benzene rings is 1. The van der Waals surface area contributed by atoms with E-state index in [0.29, 0.717) is 5.69 Å². The fourth-order valence-electron chi connectivity index (χ4n) is 1.58. The second-order valence-electron chi connectivity index (χ2n) is 3.05. The Morgan fingerprint density at radius 2 is 1.93 bits per heavy atom. The van der Waals surface area contributed by atoms with Crippen LogP contribution in [0.2, 0.25) is 0 Å². The van der Waals surface area contributed by atoms with E-state index >= 15 is 0 Å². The van der Waals surface area contributed by atoms with Gasteiger partial charge in [-0.2, -0.15) is 15.4 Å². The lowest BCUT2D eigenvalue weighted by Crippen LogP contribution is -1.89. The van der Waals surface area contributed by atoms with Crippen molar-refractivity contribution in [1.82, 2.24) is 20.4 Å². The van der Waals surface area contributed by atoms with Crippen LogP contribution in [0.25, 0.3) is 21.9 Å². The maximum atomic E-state index is 5.86. The summed E-state index contributed by atoms with van der Waals surface area (Å²) in [6.07, 6.45) is 1.68. The second-order valence-corrected chi connectivity index (χ2v) is 3.05. The molecule has 0 saturated heterocycles. The van der Waals surface area contributed by atoms with Crippen LogP contribution in [0.5, 0.6) is 0 Å². The molecule has 0 aliphatic rings. The highest BCUT2D eigenvalue weighted by atomic mass is 15.3. The molecule has 3 aromatic rings. The Bertz CT molecular complexity index is 613. The molecule has 14 heavy (non-hydrogen) atoms. The summed E-state index contributed by atoms with van der Waals surface area (Å²) >= 11 is 0. The van der Waals surface area contributed by atoms with Gasteiger partial charge in [-0.3, -0.25) is 4.98 Å². The van der Waals surface area contributed by atoms with E-state index < -0.39 is 0 Å². The first-order chi connectivity index (χ1) is 6.86. The molecular formula is C9H7N5. The lowest BCUT2D eigenvalue weighted by Gasteiger charge is -1.99. The van der Waals surface area contributed by atoms with E-state index in [1.807, 2.05) is 12.1 Å². The number of nitrogens with two attached hydrogens (primary N) is 1. The molecule has 0 bridgehead atoms. The van der Waals surface area contributed by atoms with Gasteiger partial charge < -0.3 is 5.73 Å². The third-order valence-electron chi connectivity index (χ3n) is 2.22. The van der Waals surface area contributed by atoms with E-state index in [-0.39, 0.29) is 0 Å². The molecule has 0 spiro atoms. The first kappa shape index (κ1) is 7.25. The first-order valence-corrected chi connectivity index (χ1v) is 4.20. The topological polar surface area (TPSA) is 80.5 Å². The minimum atomic E-state index is 0.675. The quantitative estimate of drug-likeness (QED) is 0.549. The maximum Gasteiger partial charge on any atom is 0.124 e. The van der Waals surface area contributed by atoms with Gasteiger partial charge in [0.2, 0.25) is 0 Å². The molecule has 0 fully saturated rings. The zero-order valence-electron chi connectivity index (χ0n) is 7.23. The molecule has 0 unspecified atom stereocenters. The molecule has 0 aliphatic carbocycles. The van der Waals surface area contributed by atoms with Crippen molar-refractivity contribution in [3.8, 4) is 0 Å². The zero-order valence-corrected chi connectivity index (χ0v) is 7.23. The molecule has 3 rings (SSSR count). The number of nitrogens with zero attached hydrogens (tertiary/aromatic N) is 3. The van der Waals surface area contributed by atoms with Crippen LogP contribution >= 0.6 is 0 Å². The van der Waals surface area contributed by atoms with Gasteiger partial charge in [-0.1, -0.05) is 0 Å². The predicted octanol–water partition coefficient (Wildman–Crippen LogP) is 1.09. The molecule has 0 saturated carbocycles. The van der Waals surface area contributed by atoms with Gasteiger partial charge in [0.1, 0.15) is 11.0 Å². The molecule has 0 aliphatic heterocycles. The highest BCUT2D eigenvalue weighted by Crippen LogP contribution is 2.25. The van der Waals surface area contributed by atoms with Gasteiger partial charge in [-0.15, -0.1) is 0 Å². The maximum absolute atomic E-state index is 5.86. The van der Waals surface area contributed by atoms with Crippen LogP contribution in [-0.2, 0) is 0 Å². The highest BCUT2D eigenvalue weighted by Gasteiger charge is 2.06. The lowest BCUT2D eigenvalue weighted by atomic mass is 10.1. The Hall–Kier alpha value is -2.17.